The number of primary sulfonamides is 1. The van der Waals surface area contributed by atoms with E-state index in [0.717, 1.165) is 0 Å². The number of aryl methyl sites for hydroxylation is 1. The molecule has 8 heteroatoms. The number of nitrogens with two attached hydrogens (primary N) is 1. The molecule has 0 heterocycles. The molecule has 3 aromatic carbocycles. The van der Waals surface area contributed by atoms with Crippen LogP contribution < -0.4 is 10.5 Å². The van der Waals surface area contributed by atoms with E-state index in [1.165, 1.54) is 12.1 Å². The van der Waals surface area contributed by atoms with Crippen LogP contribution in [-0.4, -0.2) is 20.1 Å². The Labute approximate surface area is 179 Å². The van der Waals surface area contributed by atoms with Gasteiger partial charge in [-0.1, -0.05) is 42.8 Å². The number of hydrogen-bond acceptors (Lipinski definition) is 4. The molecule has 0 bridgehead atoms. The molecule has 0 unspecified atom stereocenters. The van der Waals surface area contributed by atoms with E-state index in [4.69, 9.17) is 16.7 Å². The number of carbonyl (C=O) groups is 2. The van der Waals surface area contributed by atoms with Gasteiger partial charge in [0.1, 0.15) is 0 Å². The van der Waals surface area contributed by atoms with Crippen LogP contribution in [0.4, 0.5) is 5.69 Å². The summed E-state index contributed by atoms with van der Waals surface area (Å²) in [7, 11) is -3.95. The molecule has 0 atom stereocenters. The lowest BCUT2D eigenvalue weighted by Crippen LogP contribution is -2.18. The molecule has 0 aliphatic heterocycles. The van der Waals surface area contributed by atoms with E-state index < -0.39 is 15.9 Å². The lowest BCUT2D eigenvalue weighted by atomic mass is 9.98. The van der Waals surface area contributed by atoms with Crippen molar-refractivity contribution >= 4 is 39.0 Å². The maximum absolute atomic E-state index is 12.9. The van der Waals surface area contributed by atoms with Crippen molar-refractivity contribution in [1.29, 1.82) is 0 Å². The molecule has 3 N–H and O–H groups in total. The summed E-state index contributed by atoms with van der Waals surface area (Å²) in [5.74, 6) is -0.874. The lowest BCUT2D eigenvalue weighted by molar-refractivity contribution is 0.0996. The van der Waals surface area contributed by atoms with Gasteiger partial charge < -0.3 is 5.32 Å². The molecule has 154 valence electrons. The van der Waals surface area contributed by atoms with Crippen LogP contribution in [0.1, 0.15) is 38.8 Å². The molecule has 0 saturated carbocycles. The first-order chi connectivity index (χ1) is 14.2. The first-order valence-corrected chi connectivity index (χ1v) is 11.0. The van der Waals surface area contributed by atoms with Gasteiger partial charge in [-0.05, 0) is 54.4 Å². The number of carbonyl (C=O) groups excluding carboxylic acids is 2. The SMILES string of the molecule is CCc1ccc(NC(=O)c2ccccc2C(=O)c2ccc(Cl)cc2)cc1S(N)(=O)=O. The smallest absolute Gasteiger partial charge is 0.256 e. The predicted molar refractivity (Wildman–Crippen MR) is 116 cm³/mol. The maximum atomic E-state index is 12.9. The number of ketones is 1. The van der Waals surface area contributed by atoms with Crippen molar-refractivity contribution < 1.29 is 18.0 Å². The lowest BCUT2D eigenvalue weighted by Gasteiger charge is -2.12. The quantitative estimate of drug-likeness (QED) is 0.562. The van der Waals surface area contributed by atoms with Gasteiger partial charge in [-0.15, -0.1) is 0 Å². The predicted octanol–water partition coefficient (Wildman–Crippen LogP) is 4.03. The Morgan fingerprint density at radius 3 is 2.20 bits per heavy atom. The Kier molecular flexibility index (Phi) is 6.36. The third-order valence-electron chi connectivity index (χ3n) is 4.54. The van der Waals surface area contributed by atoms with Crippen LogP contribution in [0.25, 0.3) is 0 Å². The minimum absolute atomic E-state index is 0.0478. The number of hydrogen-bond donors (Lipinski definition) is 2. The molecule has 0 fully saturated rings. The van der Waals surface area contributed by atoms with E-state index >= 15 is 0 Å². The molecule has 0 aliphatic carbocycles. The number of rotatable bonds is 6. The molecular weight excluding hydrogens is 424 g/mol. The summed E-state index contributed by atoms with van der Waals surface area (Å²) in [5.41, 5.74) is 1.58. The van der Waals surface area contributed by atoms with Crippen molar-refractivity contribution in [3.8, 4) is 0 Å². The Morgan fingerprint density at radius 2 is 1.60 bits per heavy atom. The van der Waals surface area contributed by atoms with Crippen molar-refractivity contribution in [3.63, 3.8) is 0 Å². The molecule has 30 heavy (non-hydrogen) atoms. The van der Waals surface area contributed by atoms with E-state index in [1.54, 1.807) is 61.5 Å². The normalized spacial score (nSPS) is 11.2. The molecule has 0 aliphatic rings. The van der Waals surface area contributed by atoms with Gasteiger partial charge in [0.25, 0.3) is 5.91 Å². The van der Waals surface area contributed by atoms with Crippen LogP contribution >= 0.6 is 11.6 Å². The van der Waals surface area contributed by atoms with Crippen LogP contribution in [-0.2, 0) is 16.4 Å². The standard InChI is InChI=1S/C22H19ClN2O4S/c1-2-14-9-12-17(13-20(14)30(24,28)29)25-22(27)19-6-4-3-5-18(19)21(26)15-7-10-16(23)11-8-15/h3-13H,2H2,1H3,(H,25,27)(H2,24,28,29). The minimum Gasteiger partial charge on any atom is -0.322 e. The van der Waals surface area contributed by atoms with Crippen molar-refractivity contribution in [2.75, 3.05) is 5.32 Å². The van der Waals surface area contributed by atoms with Crippen molar-refractivity contribution in [1.82, 2.24) is 0 Å². The molecular formula is C22H19ClN2O4S. The van der Waals surface area contributed by atoms with E-state index in [0.29, 0.717) is 22.6 Å². The summed E-state index contributed by atoms with van der Waals surface area (Å²) >= 11 is 5.87. The highest BCUT2D eigenvalue weighted by atomic mass is 35.5. The van der Waals surface area contributed by atoms with Gasteiger partial charge in [0, 0.05) is 21.8 Å². The van der Waals surface area contributed by atoms with Crippen LogP contribution in [0.15, 0.2) is 71.6 Å². The van der Waals surface area contributed by atoms with Gasteiger partial charge in [-0.25, -0.2) is 13.6 Å². The molecule has 3 aromatic rings. The first kappa shape index (κ1) is 21.7. The Balaban J connectivity index is 1.94. The van der Waals surface area contributed by atoms with Gasteiger partial charge in [0.2, 0.25) is 10.0 Å². The number of benzene rings is 3. The second-order valence-corrected chi connectivity index (χ2v) is 8.52. The Bertz CT molecular complexity index is 1220. The van der Waals surface area contributed by atoms with E-state index in [-0.39, 0.29) is 27.5 Å². The number of sulfonamides is 1. The van der Waals surface area contributed by atoms with Crippen molar-refractivity contribution in [2.45, 2.75) is 18.2 Å². The Hall–Kier alpha value is -3.00. The van der Waals surface area contributed by atoms with Gasteiger partial charge >= 0.3 is 0 Å². The fourth-order valence-electron chi connectivity index (χ4n) is 3.02. The molecule has 0 saturated heterocycles. The second kappa shape index (κ2) is 8.79. The average molecular weight is 443 g/mol. The fourth-order valence-corrected chi connectivity index (χ4v) is 4.02. The highest BCUT2D eigenvalue weighted by Gasteiger charge is 2.19. The van der Waals surface area contributed by atoms with Gasteiger partial charge in [0.05, 0.1) is 10.5 Å². The van der Waals surface area contributed by atoms with Crippen LogP contribution in [0.3, 0.4) is 0 Å². The van der Waals surface area contributed by atoms with Crippen LogP contribution in [0.5, 0.6) is 0 Å². The van der Waals surface area contributed by atoms with Crippen LogP contribution in [0.2, 0.25) is 5.02 Å². The maximum Gasteiger partial charge on any atom is 0.256 e. The zero-order valence-corrected chi connectivity index (χ0v) is 17.6. The number of anilines is 1. The third kappa shape index (κ3) is 4.76. The summed E-state index contributed by atoms with van der Waals surface area (Å²) in [4.78, 5) is 25.7. The topological polar surface area (TPSA) is 106 Å². The summed E-state index contributed by atoms with van der Waals surface area (Å²) in [5, 5.41) is 8.43. The minimum atomic E-state index is -3.95. The zero-order valence-electron chi connectivity index (χ0n) is 16.1. The van der Waals surface area contributed by atoms with E-state index in [2.05, 4.69) is 5.32 Å². The molecule has 0 aromatic heterocycles. The molecule has 1 amide bonds. The van der Waals surface area contributed by atoms with Gasteiger partial charge in [-0.2, -0.15) is 0 Å². The van der Waals surface area contributed by atoms with Crippen molar-refractivity contribution in [2.24, 2.45) is 5.14 Å². The summed E-state index contributed by atoms with van der Waals surface area (Å²) < 4.78 is 23.7. The average Bonchev–Trinajstić information content (AvgIpc) is 2.73. The van der Waals surface area contributed by atoms with E-state index in [9.17, 15) is 18.0 Å². The molecule has 0 spiro atoms. The van der Waals surface area contributed by atoms with Crippen LogP contribution in [0, 0.1) is 0 Å². The molecule has 0 radical (unpaired) electrons. The number of nitrogens with one attached hydrogen (secondary N) is 1. The number of amides is 1. The van der Waals surface area contributed by atoms with E-state index in [1.807, 2.05) is 0 Å². The number of halogens is 1. The summed E-state index contributed by atoms with van der Waals surface area (Å²) in [6.45, 7) is 1.81. The highest BCUT2D eigenvalue weighted by molar-refractivity contribution is 7.89. The molecule has 3 rings (SSSR count). The van der Waals surface area contributed by atoms with Gasteiger partial charge in [-0.3, -0.25) is 9.59 Å². The van der Waals surface area contributed by atoms with Gasteiger partial charge in [0.15, 0.2) is 5.78 Å². The molecule has 6 nitrogen and oxygen atoms in total. The second-order valence-electron chi connectivity index (χ2n) is 6.56. The summed E-state index contributed by atoms with van der Waals surface area (Å²) in [6, 6.07) is 17.3. The highest BCUT2D eigenvalue weighted by Crippen LogP contribution is 2.22. The largest absolute Gasteiger partial charge is 0.322 e. The monoisotopic (exact) mass is 442 g/mol. The third-order valence-corrected chi connectivity index (χ3v) is 5.78. The van der Waals surface area contributed by atoms with Crippen molar-refractivity contribution in [3.05, 3.63) is 94.0 Å². The zero-order chi connectivity index (χ0) is 21.9. The fraction of sp³-hybridized carbons (Fsp3) is 0.0909. The first-order valence-electron chi connectivity index (χ1n) is 9.07. The Morgan fingerprint density at radius 1 is 0.967 bits per heavy atom. The summed E-state index contributed by atoms with van der Waals surface area (Å²) in [6.07, 6.45) is 0.471.